The Bertz CT molecular complexity index is 393. The summed E-state index contributed by atoms with van der Waals surface area (Å²) in [6.07, 6.45) is 5.14. The molecule has 1 aliphatic rings. The van der Waals surface area contributed by atoms with Crippen LogP contribution in [-0.2, 0) is 6.42 Å². The Morgan fingerprint density at radius 1 is 1.35 bits per heavy atom. The summed E-state index contributed by atoms with van der Waals surface area (Å²) in [7, 11) is 0. The van der Waals surface area contributed by atoms with E-state index < -0.39 is 0 Å². The molecule has 0 aliphatic carbocycles. The van der Waals surface area contributed by atoms with Crippen LogP contribution in [0, 0.1) is 0 Å². The highest BCUT2D eigenvalue weighted by Crippen LogP contribution is 2.29. The van der Waals surface area contributed by atoms with Crippen LogP contribution < -0.4 is 10.6 Å². The van der Waals surface area contributed by atoms with Gasteiger partial charge in [0.25, 0.3) is 0 Å². The SMILES string of the molecule is CSc1nc(Cl)c(CCN)c(N2CCCC2)n1. The van der Waals surface area contributed by atoms with Crippen LogP contribution in [0.25, 0.3) is 0 Å². The Morgan fingerprint density at radius 2 is 2.06 bits per heavy atom. The van der Waals surface area contributed by atoms with Gasteiger partial charge >= 0.3 is 0 Å². The first kappa shape index (κ1) is 12.9. The number of nitrogens with zero attached hydrogens (tertiary/aromatic N) is 3. The van der Waals surface area contributed by atoms with Gasteiger partial charge < -0.3 is 10.6 Å². The number of hydrogen-bond donors (Lipinski definition) is 1. The lowest BCUT2D eigenvalue weighted by Crippen LogP contribution is -2.22. The molecule has 4 nitrogen and oxygen atoms in total. The van der Waals surface area contributed by atoms with Gasteiger partial charge in [0.15, 0.2) is 5.16 Å². The summed E-state index contributed by atoms with van der Waals surface area (Å²) >= 11 is 7.74. The molecule has 0 atom stereocenters. The van der Waals surface area contributed by atoms with Gasteiger partial charge in [-0.3, -0.25) is 0 Å². The molecule has 1 fully saturated rings. The molecule has 0 aromatic carbocycles. The number of nitrogens with two attached hydrogens (primary N) is 1. The third kappa shape index (κ3) is 2.84. The van der Waals surface area contributed by atoms with Crippen molar-refractivity contribution < 1.29 is 0 Å². The Balaban J connectivity index is 2.40. The molecule has 0 saturated carbocycles. The molecule has 0 radical (unpaired) electrons. The van der Waals surface area contributed by atoms with Gasteiger partial charge in [-0.05, 0) is 32.1 Å². The van der Waals surface area contributed by atoms with Crippen molar-refractivity contribution in [3.8, 4) is 0 Å². The summed E-state index contributed by atoms with van der Waals surface area (Å²) in [5.41, 5.74) is 6.62. The summed E-state index contributed by atoms with van der Waals surface area (Å²) in [6.45, 7) is 2.68. The molecule has 1 aromatic rings. The van der Waals surface area contributed by atoms with Gasteiger partial charge in [0.2, 0.25) is 0 Å². The minimum Gasteiger partial charge on any atom is -0.356 e. The summed E-state index contributed by atoms with van der Waals surface area (Å²) in [6, 6.07) is 0. The smallest absolute Gasteiger partial charge is 0.190 e. The third-order valence-electron chi connectivity index (χ3n) is 2.90. The molecular weight excluding hydrogens is 256 g/mol. The van der Waals surface area contributed by atoms with Crippen molar-refractivity contribution in [2.24, 2.45) is 5.73 Å². The fourth-order valence-corrected chi connectivity index (χ4v) is 2.74. The molecule has 94 valence electrons. The van der Waals surface area contributed by atoms with E-state index in [9.17, 15) is 0 Å². The fourth-order valence-electron chi connectivity index (χ4n) is 2.07. The molecule has 2 N–H and O–H groups in total. The summed E-state index contributed by atoms with van der Waals surface area (Å²) in [4.78, 5) is 11.2. The van der Waals surface area contributed by atoms with Crippen LogP contribution in [0.3, 0.4) is 0 Å². The predicted molar refractivity (Wildman–Crippen MR) is 73.0 cm³/mol. The van der Waals surface area contributed by atoms with Crippen molar-refractivity contribution in [2.45, 2.75) is 24.4 Å². The molecule has 17 heavy (non-hydrogen) atoms. The minimum atomic E-state index is 0.552. The topological polar surface area (TPSA) is 55.0 Å². The second-order valence-corrected chi connectivity index (χ2v) is 5.17. The lowest BCUT2D eigenvalue weighted by atomic mass is 10.2. The molecule has 1 saturated heterocycles. The quantitative estimate of drug-likeness (QED) is 0.516. The highest BCUT2D eigenvalue weighted by atomic mass is 35.5. The Hall–Kier alpha value is -0.520. The summed E-state index contributed by atoms with van der Waals surface area (Å²) in [5.74, 6) is 0.984. The first-order chi connectivity index (χ1) is 8.26. The molecule has 6 heteroatoms. The summed E-state index contributed by atoms with van der Waals surface area (Å²) < 4.78 is 0. The van der Waals surface area contributed by atoms with E-state index in [0.717, 1.165) is 36.0 Å². The van der Waals surface area contributed by atoms with Crippen molar-refractivity contribution in [3.05, 3.63) is 10.7 Å². The number of halogens is 1. The molecule has 0 unspecified atom stereocenters. The molecule has 1 aromatic heterocycles. The average Bonchev–Trinajstić information content (AvgIpc) is 2.85. The number of aromatic nitrogens is 2. The predicted octanol–water partition coefficient (Wildman–Crippen LogP) is 1.95. The maximum absolute atomic E-state index is 6.22. The molecular formula is C11H17ClN4S. The van der Waals surface area contributed by atoms with Crippen LogP contribution in [0.4, 0.5) is 5.82 Å². The van der Waals surface area contributed by atoms with E-state index in [1.807, 2.05) is 6.26 Å². The average molecular weight is 273 g/mol. The van der Waals surface area contributed by atoms with E-state index in [2.05, 4.69) is 14.9 Å². The van der Waals surface area contributed by atoms with E-state index in [0.29, 0.717) is 11.7 Å². The normalized spacial score (nSPS) is 15.6. The van der Waals surface area contributed by atoms with Gasteiger partial charge in [-0.1, -0.05) is 23.4 Å². The Kier molecular flexibility index (Phi) is 4.48. The van der Waals surface area contributed by atoms with Crippen molar-refractivity contribution in [1.82, 2.24) is 9.97 Å². The van der Waals surface area contributed by atoms with Crippen LogP contribution in [-0.4, -0.2) is 35.9 Å². The molecule has 2 heterocycles. The number of rotatable bonds is 4. The largest absolute Gasteiger partial charge is 0.356 e. The zero-order chi connectivity index (χ0) is 12.3. The summed E-state index contributed by atoms with van der Waals surface area (Å²) in [5, 5.41) is 1.29. The van der Waals surface area contributed by atoms with Gasteiger partial charge in [-0.2, -0.15) is 0 Å². The van der Waals surface area contributed by atoms with Crippen LogP contribution in [0.1, 0.15) is 18.4 Å². The maximum Gasteiger partial charge on any atom is 0.190 e. The van der Waals surface area contributed by atoms with E-state index >= 15 is 0 Å². The monoisotopic (exact) mass is 272 g/mol. The molecule has 0 amide bonds. The highest BCUT2D eigenvalue weighted by molar-refractivity contribution is 7.98. The first-order valence-corrected chi connectivity index (χ1v) is 7.42. The van der Waals surface area contributed by atoms with Crippen molar-refractivity contribution in [2.75, 3.05) is 30.8 Å². The highest BCUT2D eigenvalue weighted by Gasteiger charge is 2.20. The zero-order valence-electron chi connectivity index (χ0n) is 9.95. The number of thioether (sulfide) groups is 1. The van der Waals surface area contributed by atoms with Gasteiger partial charge in [0, 0.05) is 18.7 Å². The van der Waals surface area contributed by atoms with Crippen molar-refractivity contribution >= 4 is 29.2 Å². The third-order valence-corrected chi connectivity index (χ3v) is 3.76. The zero-order valence-corrected chi connectivity index (χ0v) is 11.5. The Morgan fingerprint density at radius 3 is 2.65 bits per heavy atom. The van der Waals surface area contributed by atoms with Gasteiger partial charge in [0.1, 0.15) is 11.0 Å². The fraction of sp³-hybridized carbons (Fsp3) is 0.636. The first-order valence-electron chi connectivity index (χ1n) is 5.81. The van der Waals surface area contributed by atoms with Crippen LogP contribution in [0.2, 0.25) is 5.15 Å². The van der Waals surface area contributed by atoms with Crippen LogP contribution in [0.5, 0.6) is 0 Å². The van der Waals surface area contributed by atoms with E-state index in [1.165, 1.54) is 24.6 Å². The van der Waals surface area contributed by atoms with E-state index in [1.54, 1.807) is 0 Å². The number of anilines is 1. The maximum atomic E-state index is 6.22. The lowest BCUT2D eigenvalue weighted by molar-refractivity contribution is 0.836. The molecule has 1 aliphatic heterocycles. The minimum absolute atomic E-state index is 0.552. The van der Waals surface area contributed by atoms with E-state index in [4.69, 9.17) is 17.3 Å². The van der Waals surface area contributed by atoms with Crippen LogP contribution in [0.15, 0.2) is 5.16 Å². The number of hydrogen-bond acceptors (Lipinski definition) is 5. The Labute approximate surface area is 111 Å². The van der Waals surface area contributed by atoms with Gasteiger partial charge in [-0.25, -0.2) is 9.97 Å². The second kappa shape index (κ2) is 5.89. The van der Waals surface area contributed by atoms with Crippen molar-refractivity contribution in [3.63, 3.8) is 0 Å². The van der Waals surface area contributed by atoms with Gasteiger partial charge in [-0.15, -0.1) is 0 Å². The van der Waals surface area contributed by atoms with Gasteiger partial charge in [0.05, 0.1) is 0 Å². The molecule has 0 bridgehead atoms. The van der Waals surface area contributed by atoms with Crippen LogP contribution >= 0.6 is 23.4 Å². The molecule has 0 spiro atoms. The standard InChI is InChI=1S/C11H17ClN4S/c1-17-11-14-9(12)8(4-5-13)10(15-11)16-6-2-3-7-16/h2-7,13H2,1H3. The van der Waals surface area contributed by atoms with E-state index in [-0.39, 0.29) is 0 Å². The second-order valence-electron chi connectivity index (χ2n) is 4.04. The van der Waals surface area contributed by atoms with Crippen molar-refractivity contribution in [1.29, 1.82) is 0 Å². The lowest BCUT2D eigenvalue weighted by Gasteiger charge is -2.20. The molecule has 2 rings (SSSR count).